The lowest BCUT2D eigenvalue weighted by Gasteiger charge is -1.69. The molecule has 6 nitrogen and oxygen atoms in total. The van der Waals surface area contributed by atoms with Crippen LogP contribution in [0.15, 0.2) is 92.6 Å². The quantitative estimate of drug-likeness (QED) is 0.463. The first-order chi connectivity index (χ1) is 10.5. The number of nitrogens with zero attached hydrogens (tertiary/aromatic N) is 3. The summed E-state index contributed by atoms with van der Waals surface area (Å²) in [7, 11) is 0. The van der Waals surface area contributed by atoms with Crippen LogP contribution in [0.1, 0.15) is 0 Å². The third-order valence-electron chi connectivity index (χ3n) is 1.88. The highest BCUT2D eigenvalue weighted by Crippen LogP contribution is 1.79. The Bertz CT molecular complexity index is 417. The molecule has 0 unspecified atom stereocenters. The van der Waals surface area contributed by atoms with Crippen LogP contribution in [0.4, 0.5) is 0 Å². The largest absolute Gasteiger partial charge is 0.351 e. The molecule has 4 aromatic rings. The van der Waals surface area contributed by atoms with Crippen molar-refractivity contribution >= 4 is 0 Å². The van der Waals surface area contributed by atoms with Gasteiger partial charge in [-0.1, -0.05) is 36.4 Å². The van der Waals surface area contributed by atoms with Crippen LogP contribution in [0.5, 0.6) is 0 Å². The summed E-state index contributed by atoms with van der Waals surface area (Å²) in [6, 6.07) is 12.0. The van der Waals surface area contributed by atoms with Crippen molar-refractivity contribution in [3.8, 4) is 0 Å². The van der Waals surface area contributed by atoms with Gasteiger partial charge in [-0.15, -0.1) is 0 Å². The molecule has 0 bridgehead atoms. The average molecular weight is 282 g/mol. The van der Waals surface area contributed by atoms with Gasteiger partial charge in [-0.05, 0) is 0 Å². The molecule has 0 aliphatic rings. The number of aromatic amines is 3. The second-order valence-electron chi connectivity index (χ2n) is 3.44. The number of hydrogen-bond acceptors (Lipinski definition) is 3. The van der Waals surface area contributed by atoms with Gasteiger partial charge in [-0.2, -0.15) is 0 Å². The van der Waals surface area contributed by atoms with Gasteiger partial charge in [0, 0.05) is 37.2 Å². The van der Waals surface area contributed by atoms with Gasteiger partial charge in [0.25, 0.3) is 0 Å². The topological polar surface area (TPSA) is 86.0 Å². The van der Waals surface area contributed by atoms with Crippen LogP contribution in [0.2, 0.25) is 0 Å². The van der Waals surface area contributed by atoms with Crippen LogP contribution in [0.25, 0.3) is 0 Å². The Morgan fingerprint density at radius 2 is 0.714 bits per heavy atom. The summed E-state index contributed by atoms with van der Waals surface area (Å²) in [4.78, 5) is 19.2. The second-order valence-corrected chi connectivity index (χ2v) is 3.44. The first-order valence-electron chi connectivity index (χ1n) is 6.28. The minimum atomic E-state index is 1.62. The first-order valence-corrected chi connectivity index (χ1v) is 6.28. The molecule has 3 aromatic heterocycles. The van der Waals surface area contributed by atoms with E-state index < -0.39 is 0 Å². The molecular formula is C15H18N6. The van der Waals surface area contributed by atoms with Crippen molar-refractivity contribution < 1.29 is 0 Å². The van der Waals surface area contributed by atoms with Crippen LogP contribution >= 0.6 is 0 Å². The van der Waals surface area contributed by atoms with E-state index in [2.05, 4.69) is 29.9 Å². The predicted molar refractivity (Wildman–Crippen MR) is 82.2 cm³/mol. The van der Waals surface area contributed by atoms with Gasteiger partial charge in [-0.3, -0.25) is 0 Å². The van der Waals surface area contributed by atoms with Gasteiger partial charge in [0.2, 0.25) is 0 Å². The van der Waals surface area contributed by atoms with Gasteiger partial charge in [0.1, 0.15) is 0 Å². The monoisotopic (exact) mass is 282 g/mol. The molecule has 0 saturated heterocycles. The number of hydrogen-bond donors (Lipinski definition) is 3. The van der Waals surface area contributed by atoms with Crippen molar-refractivity contribution in [3.63, 3.8) is 0 Å². The molecule has 4 rings (SSSR count). The number of imidazole rings is 3. The summed E-state index contributed by atoms with van der Waals surface area (Å²) in [5.74, 6) is 0. The van der Waals surface area contributed by atoms with E-state index in [4.69, 9.17) is 0 Å². The Balaban J connectivity index is 0.000000140. The third-order valence-corrected chi connectivity index (χ3v) is 1.88. The molecule has 0 aliphatic heterocycles. The van der Waals surface area contributed by atoms with E-state index in [9.17, 15) is 0 Å². The highest BCUT2D eigenvalue weighted by atomic mass is 14.8. The maximum atomic E-state index is 3.67. The Labute approximate surface area is 123 Å². The lowest BCUT2D eigenvalue weighted by Crippen LogP contribution is -1.47. The Kier molecular flexibility index (Phi) is 10.1. The van der Waals surface area contributed by atoms with Crippen LogP contribution < -0.4 is 0 Å². The van der Waals surface area contributed by atoms with Crippen molar-refractivity contribution in [2.24, 2.45) is 0 Å². The average Bonchev–Trinajstić information content (AvgIpc) is 3.38. The number of rotatable bonds is 0. The zero-order valence-electron chi connectivity index (χ0n) is 11.5. The fourth-order valence-corrected chi connectivity index (χ4v) is 1.03. The van der Waals surface area contributed by atoms with Crippen LogP contribution in [0.3, 0.4) is 0 Å². The molecule has 0 atom stereocenters. The minimum Gasteiger partial charge on any atom is -0.351 e. The fraction of sp³-hybridized carbons (Fsp3) is 0. The van der Waals surface area contributed by atoms with Crippen LogP contribution in [-0.4, -0.2) is 29.9 Å². The second kappa shape index (κ2) is 13.3. The van der Waals surface area contributed by atoms with Crippen molar-refractivity contribution in [1.29, 1.82) is 0 Å². The summed E-state index contributed by atoms with van der Waals surface area (Å²) in [6.45, 7) is 0. The van der Waals surface area contributed by atoms with Crippen molar-refractivity contribution in [2.45, 2.75) is 0 Å². The van der Waals surface area contributed by atoms with Crippen molar-refractivity contribution in [1.82, 2.24) is 29.9 Å². The zero-order valence-corrected chi connectivity index (χ0v) is 11.5. The van der Waals surface area contributed by atoms with Gasteiger partial charge >= 0.3 is 0 Å². The van der Waals surface area contributed by atoms with Gasteiger partial charge in [0.05, 0.1) is 19.0 Å². The first kappa shape index (κ1) is 15.9. The molecule has 0 saturated carbocycles. The Morgan fingerprint density at radius 1 is 0.429 bits per heavy atom. The SMILES string of the molecule is c1c[nH]cn1.c1c[nH]cn1.c1c[nH]cn1.c1ccccc1. The lowest BCUT2D eigenvalue weighted by atomic mass is 10.4. The van der Waals surface area contributed by atoms with Crippen LogP contribution in [0, 0.1) is 0 Å². The number of benzene rings is 1. The molecular weight excluding hydrogens is 264 g/mol. The Morgan fingerprint density at radius 3 is 0.810 bits per heavy atom. The summed E-state index contributed by atoms with van der Waals surface area (Å²) in [6.07, 6.45) is 15.2. The van der Waals surface area contributed by atoms with E-state index >= 15 is 0 Å². The molecule has 0 spiro atoms. The molecule has 0 amide bonds. The maximum absolute atomic E-state index is 3.67. The summed E-state index contributed by atoms with van der Waals surface area (Å²) in [5.41, 5.74) is 0. The minimum absolute atomic E-state index is 1.62. The molecule has 0 radical (unpaired) electrons. The summed E-state index contributed by atoms with van der Waals surface area (Å²) < 4.78 is 0. The van der Waals surface area contributed by atoms with E-state index in [1.54, 1.807) is 56.2 Å². The van der Waals surface area contributed by atoms with E-state index in [0.717, 1.165) is 0 Å². The van der Waals surface area contributed by atoms with E-state index in [-0.39, 0.29) is 0 Å². The van der Waals surface area contributed by atoms with E-state index in [0.29, 0.717) is 0 Å². The van der Waals surface area contributed by atoms with Gasteiger partial charge in [-0.25, -0.2) is 15.0 Å². The molecule has 108 valence electrons. The number of H-pyrrole nitrogens is 3. The molecule has 3 N–H and O–H groups in total. The smallest absolute Gasteiger partial charge is 0.0919 e. The van der Waals surface area contributed by atoms with Crippen LogP contribution in [-0.2, 0) is 0 Å². The maximum Gasteiger partial charge on any atom is 0.0919 e. The van der Waals surface area contributed by atoms with Crippen molar-refractivity contribution in [2.75, 3.05) is 0 Å². The highest BCUT2D eigenvalue weighted by Gasteiger charge is 1.58. The number of nitrogens with one attached hydrogen (secondary N) is 3. The fourth-order valence-electron chi connectivity index (χ4n) is 1.03. The standard InChI is InChI=1S/C6H6.3C3H4N2/c1-2-4-6-5-3-1;3*1-2-5-3-4-1/h1-6H;3*1-3H,(H,4,5). The summed E-state index contributed by atoms with van der Waals surface area (Å²) >= 11 is 0. The number of aromatic nitrogens is 6. The Hall–Kier alpha value is -3.15. The van der Waals surface area contributed by atoms with E-state index in [1.165, 1.54) is 0 Å². The molecule has 21 heavy (non-hydrogen) atoms. The normalized spacial score (nSPS) is 8.00. The molecule has 0 aliphatic carbocycles. The lowest BCUT2D eigenvalue weighted by molar-refractivity contribution is 1.31. The van der Waals surface area contributed by atoms with Crippen molar-refractivity contribution in [3.05, 3.63) is 92.6 Å². The zero-order chi connectivity index (χ0) is 14.8. The molecule has 3 heterocycles. The van der Waals surface area contributed by atoms with Gasteiger partial charge in [0.15, 0.2) is 0 Å². The molecule has 6 heteroatoms. The van der Waals surface area contributed by atoms with Gasteiger partial charge < -0.3 is 15.0 Å². The molecule has 1 aromatic carbocycles. The van der Waals surface area contributed by atoms with E-state index in [1.807, 2.05) is 36.4 Å². The highest BCUT2D eigenvalue weighted by molar-refractivity contribution is 4.99. The summed E-state index contributed by atoms with van der Waals surface area (Å²) in [5, 5.41) is 0. The predicted octanol–water partition coefficient (Wildman–Crippen LogP) is 2.92. The third kappa shape index (κ3) is 11.7. The molecule has 0 fully saturated rings.